The molecule has 4 heteroatoms. The molecule has 4 nitrogen and oxygen atoms in total. The number of rotatable bonds is 4. The smallest absolute Gasteiger partial charge is 0.221 e. The Morgan fingerprint density at radius 2 is 1.94 bits per heavy atom. The van der Waals surface area contributed by atoms with Crippen LogP contribution in [0.2, 0.25) is 0 Å². The van der Waals surface area contributed by atoms with Crippen molar-refractivity contribution in [1.29, 1.82) is 0 Å². The molecule has 2 N–H and O–H groups in total. The second-order valence-corrected chi connectivity index (χ2v) is 4.39. The van der Waals surface area contributed by atoms with Crippen molar-refractivity contribution in [3.05, 3.63) is 47.7 Å². The van der Waals surface area contributed by atoms with Crippen molar-refractivity contribution in [2.24, 2.45) is 0 Å². The molecule has 0 spiro atoms. The molecule has 2 rings (SSSR count). The molecule has 1 aromatic carbocycles. The average Bonchev–Trinajstić information content (AvgIpc) is 2.40. The minimum atomic E-state index is 0.321. The maximum atomic E-state index is 5.62. The topological polar surface area (TPSA) is 55.0 Å². The quantitative estimate of drug-likeness (QED) is 0.891. The molecule has 0 radical (unpaired) electrons. The Morgan fingerprint density at radius 3 is 2.67 bits per heavy atom. The number of hydrogen-bond donors (Lipinski definition) is 1. The van der Waals surface area contributed by atoms with Crippen LogP contribution in [0.25, 0.3) is 0 Å². The molecule has 0 aliphatic heterocycles. The van der Waals surface area contributed by atoms with Gasteiger partial charge in [-0.1, -0.05) is 30.3 Å². The van der Waals surface area contributed by atoms with Crippen molar-refractivity contribution in [3.8, 4) is 0 Å². The minimum absolute atomic E-state index is 0.321. The fourth-order valence-electron chi connectivity index (χ4n) is 1.88. The number of benzene rings is 1. The monoisotopic (exact) mass is 242 g/mol. The number of nitrogens with two attached hydrogens (primary N) is 1. The number of anilines is 2. The van der Waals surface area contributed by atoms with Gasteiger partial charge in [0.15, 0.2) is 0 Å². The number of aromatic nitrogens is 2. The van der Waals surface area contributed by atoms with Gasteiger partial charge in [-0.15, -0.1) is 0 Å². The predicted molar refractivity (Wildman–Crippen MR) is 74.6 cm³/mol. The van der Waals surface area contributed by atoms with Crippen molar-refractivity contribution in [3.63, 3.8) is 0 Å². The first-order chi connectivity index (χ1) is 8.66. The van der Waals surface area contributed by atoms with E-state index in [2.05, 4.69) is 39.1 Å². The third-order valence-electron chi connectivity index (χ3n) is 2.90. The Hall–Kier alpha value is -2.10. The van der Waals surface area contributed by atoms with Gasteiger partial charge in [-0.2, -0.15) is 4.98 Å². The van der Waals surface area contributed by atoms with Crippen molar-refractivity contribution >= 4 is 11.8 Å². The van der Waals surface area contributed by atoms with Gasteiger partial charge in [-0.25, -0.2) is 4.98 Å². The second-order valence-electron chi connectivity index (χ2n) is 4.39. The van der Waals surface area contributed by atoms with E-state index in [1.807, 2.05) is 20.0 Å². The van der Waals surface area contributed by atoms with Crippen LogP contribution in [0.5, 0.6) is 0 Å². The van der Waals surface area contributed by atoms with Gasteiger partial charge in [-0.05, 0) is 18.9 Å². The van der Waals surface area contributed by atoms with Gasteiger partial charge in [0.2, 0.25) is 5.95 Å². The molecule has 0 aliphatic rings. The molecular formula is C14H18N4. The first-order valence-electron chi connectivity index (χ1n) is 6.01. The zero-order valence-electron chi connectivity index (χ0n) is 10.8. The van der Waals surface area contributed by atoms with Crippen LogP contribution in [0.3, 0.4) is 0 Å². The largest absolute Gasteiger partial charge is 0.368 e. The molecule has 1 aromatic heterocycles. The summed E-state index contributed by atoms with van der Waals surface area (Å²) in [5.41, 5.74) is 7.99. The van der Waals surface area contributed by atoms with E-state index in [9.17, 15) is 0 Å². The number of likely N-dealkylation sites (N-methyl/N-ethyl adjacent to an activating group) is 1. The fraction of sp³-hybridized carbons (Fsp3) is 0.286. The summed E-state index contributed by atoms with van der Waals surface area (Å²) < 4.78 is 0. The Morgan fingerprint density at radius 1 is 1.22 bits per heavy atom. The standard InChI is InChI=1S/C14H18N4/c1-11-10-16-14(15)17-13(11)18(2)9-8-12-6-4-3-5-7-12/h3-7,10H,8-9H2,1-2H3,(H2,15,16,17). The third-order valence-corrected chi connectivity index (χ3v) is 2.90. The normalized spacial score (nSPS) is 10.3. The van der Waals surface area contributed by atoms with E-state index in [4.69, 9.17) is 5.73 Å². The first-order valence-corrected chi connectivity index (χ1v) is 6.01. The maximum Gasteiger partial charge on any atom is 0.221 e. The molecule has 18 heavy (non-hydrogen) atoms. The van der Waals surface area contributed by atoms with Crippen LogP contribution in [0.1, 0.15) is 11.1 Å². The van der Waals surface area contributed by atoms with E-state index >= 15 is 0 Å². The molecule has 0 saturated carbocycles. The van der Waals surface area contributed by atoms with E-state index in [-0.39, 0.29) is 0 Å². The minimum Gasteiger partial charge on any atom is -0.368 e. The van der Waals surface area contributed by atoms with Crippen LogP contribution in [-0.4, -0.2) is 23.6 Å². The molecule has 0 amide bonds. The van der Waals surface area contributed by atoms with Gasteiger partial charge in [0, 0.05) is 25.4 Å². The summed E-state index contributed by atoms with van der Waals surface area (Å²) in [7, 11) is 2.03. The number of nitrogen functional groups attached to an aromatic ring is 1. The number of aryl methyl sites for hydroxylation is 1. The van der Waals surface area contributed by atoms with E-state index in [0.29, 0.717) is 5.95 Å². The Bertz CT molecular complexity index is 510. The van der Waals surface area contributed by atoms with Gasteiger partial charge in [0.1, 0.15) is 5.82 Å². The lowest BCUT2D eigenvalue weighted by Gasteiger charge is -2.20. The third kappa shape index (κ3) is 2.97. The molecule has 0 saturated heterocycles. The van der Waals surface area contributed by atoms with Gasteiger partial charge in [0.25, 0.3) is 0 Å². The highest BCUT2D eigenvalue weighted by Crippen LogP contribution is 2.15. The molecule has 2 aromatic rings. The molecule has 0 aliphatic carbocycles. The maximum absolute atomic E-state index is 5.62. The van der Waals surface area contributed by atoms with Crippen LogP contribution < -0.4 is 10.6 Å². The van der Waals surface area contributed by atoms with E-state index < -0.39 is 0 Å². The summed E-state index contributed by atoms with van der Waals surface area (Å²) in [6.45, 7) is 2.90. The highest BCUT2D eigenvalue weighted by atomic mass is 15.2. The van der Waals surface area contributed by atoms with Crippen LogP contribution in [0, 0.1) is 6.92 Å². The van der Waals surface area contributed by atoms with Crippen LogP contribution in [-0.2, 0) is 6.42 Å². The fourth-order valence-corrected chi connectivity index (χ4v) is 1.88. The molecule has 94 valence electrons. The number of hydrogen-bond acceptors (Lipinski definition) is 4. The van der Waals surface area contributed by atoms with E-state index in [0.717, 1.165) is 24.3 Å². The van der Waals surface area contributed by atoms with Gasteiger partial charge in [0.05, 0.1) is 0 Å². The van der Waals surface area contributed by atoms with Gasteiger partial charge >= 0.3 is 0 Å². The lowest BCUT2D eigenvalue weighted by atomic mass is 10.1. The zero-order valence-corrected chi connectivity index (χ0v) is 10.8. The summed E-state index contributed by atoms with van der Waals surface area (Å²) in [6, 6.07) is 10.4. The highest BCUT2D eigenvalue weighted by molar-refractivity contribution is 5.47. The molecular weight excluding hydrogens is 224 g/mol. The summed E-state index contributed by atoms with van der Waals surface area (Å²) in [6.07, 6.45) is 2.75. The summed E-state index contributed by atoms with van der Waals surface area (Å²) >= 11 is 0. The van der Waals surface area contributed by atoms with Crippen molar-refractivity contribution in [1.82, 2.24) is 9.97 Å². The predicted octanol–water partition coefficient (Wildman–Crippen LogP) is 2.05. The Balaban J connectivity index is 2.03. The van der Waals surface area contributed by atoms with Gasteiger partial charge in [-0.3, -0.25) is 0 Å². The summed E-state index contributed by atoms with van der Waals surface area (Å²) in [5.74, 6) is 1.22. The molecule has 0 fully saturated rings. The lowest BCUT2D eigenvalue weighted by Crippen LogP contribution is -2.23. The second kappa shape index (κ2) is 5.49. The van der Waals surface area contributed by atoms with Crippen molar-refractivity contribution in [2.75, 3.05) is 24.2 Å². The van der Waals surface area contributed by atoms with E-state index in [1.54, 1.807) is 6.20 Å². The summed E-state index contributed by atoms with van der Waals surface area (Å²) in [4.78, 5) is 10.4. The van der Waals surface area contributed by atoms with Crippen LogP contribution in [0.15, 0.2) is 36.5 Å². The van der Waals surface area contributed by atoms with Crippen molar-refractivity contribution in [2.45, 2.75) is 13.3 Å². The number of nitrogens with zero attached hydrogens (tertiary/aromatic N) is 3. The Kier molecular flexibility index (Phi) is 3.77. The van der Waals surface area contributed by atoms with Crippen molar-refractivity contribution < 1.29 is 0 Å². The molecule has 0 atom stereocenters. The SMILES string of the molecule is Cc1cnc(N)nc1N(C)CCc1ccccc1. The highest BCUT2D eigenvalue weighted by Gasteiger charge is 2.07. The molecule has 0 bridgehead atoms. The Labute approximate surface area is 107 Å². The van der Waals surface area contributed by atoms with Crippen LogP contribution >= 0.6 is 0 Å². The summed E-state index contributed by atoms with van der Waals surface area (Å²) in [5, 5.41) is 0. The zero-order chi connectivity index (χ0) is 13.0. The lowest BCUT2D eigenvalue weighted by molar-refractivity contribution is 0.851. The van der Waals surface area contributed by atoms with Crippen LogP contribution in [0.4, 0.5) is 11.8 Å². The molecule has 1 heterocycles. The average molecular weight is 242 g/mol. The van der Waals surface area contributed by atoms with Gasteiger partial charge < -0.3 is 10.6 Å². The first kappa shape index (κ1) is 12.4. The van der Waals surface area contributed by atoms with E-state index in [1.165, 1.54) is 5.56 Å². The molecule has 0 unspecified atom stereocenters.